The van der Waals surface area contributed by atoms with Gasteiger partial charge in [0.05, 0.1) is 12.0 Å². The number of nitrogens with zero attached hydrogens (tertiary/aromatic N) is 1. The van der Waals surface area contributed by atoms with Crippen LogP contribution in [0.25, 0.3) is 0 Å². The van der Waals surface area contributed by atoms with Gasteiger partial charge in [0.1, 0.15) is 6.23 Å². The highest BCUT2D eigenvalue weighted by Crippen LogP contribution is 2.15. The number of hydrogen-bond donors (Lipinski definition) is 1. The molecule has 0 aromatic heterocycles. The van der Waals surface area contributed by atoms with Gasteiger partial charge >= 0.3 is 0 Å². The molecule has 0 aliphatic heterocycles. The Kier molecular flexibility index (Phi) is 6.17. The molecule has 0 fully saturated rings. The number of alkyl halides is 1. The van der Waals surface area contributed by atoms with Crippen LogP contribution in [0.1, 0.15) is 27.2 Å². The SMILES string of the molecule is CN(CCCl)C(CC(N)=O)OC(C)(C)C. The van der Waals surface area contributed by atoms with Crippen molar-refractivity contribution in [2.45, 2.75) is 39.0 Å². The van der Waals surface area contributed by atoms with Crippen LogP contribution >= 0.6 is 11.6 Å². The van der Waals surface area contributed by atoms with Crippen LogP contribution in [-0.2, 0) is 9.53 Å². The van der Waals surface area contributed by atoms with E-state index in [-0.39, 0.29) is 24.2 Å². The van der Waals surface area contributed by atoms with Crippen molar-refractivity contribution in [2.24, 2.45) is 5.73 Å². The summed E-state index contributed by atoms with van der Waals surface area (Å²) in [5, 5.41) is 0. The highest BCUT2D eigenvalue weighted by Gasteiger charge is 2.23. The normalized spacial score (nSPS) is 14.3. The van der Waals surface area contributed by atoms with Crippen LogP contribution in [0.3, 0.4) is 0 Å². The fourth-order valence-corrected chi connectivity index (χ4v) is 1.41. The Bertz CT molecular complexity index is 204. The first-order valence-corrected chi connectivity index (χ1v) is 5.52. The molecule has 0 aliphatic rings. The first kappa shape index (κ1) is 14.7. The minimum absolute atomic E-state index is 0.185. The van der Waals surface area contributed by atoms with Crippen LogP contribution < -0.4 is 5.73 Å². The van der Waals surface area contributed by atoms with Crippen molar-refractivity contribution in [3.8, 4) is 0 Å². The van der Waals surface area contributed by atoms with Crippen LogP contribution in [-0.4, -0.2) is 42.1 Å². The number of carbonyl (C=O) groups is 1. The van der Waals surface area contributed by atoms with E-state index in [9.17, 15) is 4.79 Å². The predicted octanol–water partition coefficient (Wildman–Crippen LogP) is 1.17. The number of primary amides is 1. The zero-order valence-corrected chi connectivity index (χ0v) is 10.7. The molecule has 15 heavy (non-hydrogen) atoms. The Hall–Kier alpha value is -0.320. The van der Waals surface area contributed by atoms with E-state index in [4.69, 9.17) is 22.1 Å². The molecule has 0 aliphatic carbocycles. The lowest BCUT2D eigenvalue weighted by atomic mass is 10.2. The van der Waals surface area contributed by atoms with E-state index < -0.39 is 0 Å². The van der Waals surface area contributed by atoms with Gasteiger partial charge in [0.25, 0.3) is 0 Å². The van der Waals surface area contributed by atoms with Crippen molar-refractivity contribution in [3.63, 3.8) is 0 Å². The van der Waals surface area contributed by atoms with Gasteiger partial charge in [-0.15, -0.1) is 11.6 Å². The van der Waals surface area contributed by atoms with Gasteiger partial charge in [-0.25, -0.2) is 0 Å². The number of carbonyl (C=O) groups excluding carboxylic acids is 1. The Morgan fingerprint density at radius 1 is 1.53 bits per heavy atom. The summed E-state index contributed by atoms with van der Waals surface area (Å²) in [6, 6.07) is 0. The van der Waals surface area contributed by atoms with Gasteiger partial charge in [0.15, 0.2) is 0 Å². The van der Waals surface area contributed by atoms with E-state index in [0.29, 0.717) is 12.4 Å². The minimum Gasteiger partial charge on any atom is -0.370 e. The van der Waals surface area contributed by atoms with Gasteiger partial charge in [-0.2, -0.15) is 0 Å². The van der Waals surface area contributed by atoms with E-state index >= 15 is 0 Å². The van der Waals surface area contributed by atoms with E-state index in [0.717, 1.165) is 0 Å². The molecule has 1 unspecified atom stereocenters. The molecule has 0 aromatic carbocycles. The molecule has 4 nitrogen and oxygen atoms in total. The monoisotopic (exact) mass is 236 g/mol. The van der Waals surface area contributed by atoms with Crippen molar-refractivity contribution in [2.75, 3.05) is 19.5 Å². The third-order valence-corrected chi connectivity index (χ3v) is 1.96. The summed E-state index contributed by atoms with van der Waals surface area (Å²) in [7, 11) is 1.86. The molecule has 2 N–H and O–H groups in total. The van der Waals surface area contributed by atoms with Gasteiger partial charge in [-0.1, -0.05) is 0 Å². The topological polar surface area (TPSA) is 55.6 Å². The molecule has 0 bridgehead atoms. The van der Waals surface area contributed by atoms with Gasteiger partial charge in [0, 0.05) is 12.4 Å². The first-order chi connectivity index (χ1) is 6.76. The zero-order valence-electron chi connectivity index (χ0n) is 9.92. The maximum atomic E-state index is 10.9. The third kappa shape index (κ3) is 7.59. The zero-order chi connectivity index (χ0) is 12.1. The van der Waals surface area contributed by atoms with Crippen LogP contribution in [0.4, 0.5) is 0 Å². The second kappa shape index (κ2) is 6.30. The molecular weight excluding hydrogens is 216 g/mol. The maximum absolute atomic E-state index is 10.9. The number of rotatable bonds is 6. The Balaban J connectivity index is 4.36. The van der Waals surface area contributed by atoms with E-state index in [2.05, 4.69) is 0 Å². The molecule has 0 spiro atoms. The second-order valence-corrected chi connectivity index (χ2v) is 4.90. The van der Waals surface area contributed by atoms with E-state index in [1.165, 1.54) is 0 Å². The smallest absolute Gasteiger partial charge is 0.221 e. The highest BCUT2D eigenvalue weighted by molar-refractivity contribution is 6.18. The lowest BCUT2D eigenvalue weighted by molar-refractivity contribution is -0.142. The summed E-state index contributed by atoms with van der Waals surface area (Å²) in [5.74, 6) is 0.130. The van der Waals surface area contributed by atoms with Gasteiger partial charge in [-0.05, 0) is 27.8 Å². The average molecular weight is 237 g/mol. The van der Waals surface area contributed by atoms with Crippen LogP contribution in [0.15, 0.2) is 0 Å². The number of nitrogens with two attached hydrogens (primary N) is 1. The quantitative estimate of drug-likeness (QED) is 0.557. The number of halogens is 1. The summed E-state index contributed by atoms with van der Waals surface area (Å²) in [6.07, 6.45) is -0.119. The number of ether oxygens (including phenoxy) is 1. The van der Waals surface area contributed by atoms with Crippen molar-refractivity contribution in [3.05, 3.63) is 0 Å². The van der Waals surface area contributed by atoms with Crippen molar-refractivity contribution in [1.29, 1.82) is 0 Å². The summed E-state index contributed by atoms with van der Waals surface area (Å²) in [4.78, 5) is 12.8. The molecular formula is C10H21ClN2O2. The van der Waals surface area contributed by atoms with Gasteiger partial charge < -0.3 is 10.5 Å². The molecule has 1 atom stereocenters. The molecule has 0 heterocycles. The molecule has 1 amide bonds. The van der Waals surface area contributed by atoms with Gasteiger partial charge in [0.2, 0.25) is 5.91 Å². The van der Waals surface area contributed by atoms with Crippen molar-refractivity contribution in [1.82, 2.24) is 4.90 Å². The molecule has 0 rings (SSSR count). The standard InChI is InChI=1S/C10H21ClN2O2/c1-10(2,3)15-9(7-8(12)14)13(4)6-5-11/h9H,5-7H2,1-4H3,(H2,12,14). The molecule has 0 aromatic rings. The fourth-order valence-electron chi connectivity index (χ4n) is 1.14. The summed E-state index contributed by atoms with van der Waals surface area (Å²) in [6.45, 7) is 6.48. The number of amides is 1. The first-order valence-electron chi connectivity index (χ1n) is 4.98. The maximum Gasteiger partial charge on any atom is 0.221 e. The molecule has 5 heteroatoms. The fraction of sp³-hybridized carbons (Fsp3) is 0.900. The van der Waals surface area contributed by atoms with Crippen LogP contribution in [0, 0.1) is 0 Å². The predicted molar refractivity (Wildman–Crippen MR) is 61.8 cm³/mol. The largest absolute Gasteiger partial charge is 0.370 e. The van der Waals surface area contributed by atoms with E-state index in [1.807, 2.05) is 32.7 Å². The summed E-state index contributed by atoms with van der Waals surface area (Å²) < 4.78 is 5.73. The summed E-state index contributed by atoms with van der Waals surface area (Å²) >= 11 is 5.63. The third-order valence-electron chi connectivity index (χ3n) is 1.79. The Morgan fingerprint density at radius 2 is 2.07 bits per heavy atom. The lowest BCUT2D eigenvalue weighted by Gasteiger charge is -2.32. The van der Waals surface area contributed by atoms with Gasteiger partial charge in [-0.3, -0.25) is 9.69 Å². The molecule has 0 saturated heterocycles. The Morgan fingerprint density at radius 3 is 2.40 bits per heavy atom. The number of hydrogen-bond acceptors (Lipinski definition) is 3. The Labute approximate surface area is 96.7 Å². The lowest BCUT2D eigenvalue weighted by Crippen LogP contribution is -2.42. The van der Waals surface area contributed by atoms with Crippen molar-refractivity contribution >= 4 is 17.5 Å². The van der Waals surface area contributed by atoms with Crippen molar-refractivity contribution < 1.29 is 9.53 Å². The molecule has 90 valence electrons. The minimum atomic E-state index is -0.370. The van der Waals surface area contributed by atoms with Crippen LogP contribution in [0.2, 0.25) is 0 Å². The molecule has 0 radical (unpaired) electrons. The average Bonchev–Trinajstić information content (AvgIpc) is 1.99. The second-order valence-electron chi connectivity index (χ2n) is 4.52. The van der Waals surface area contributed by atoms with Crippen LogP contribution in [0.5, 0.6) is 0 Å². The summed E-state index contributed by atoms with van der Waals surface area (Å²) in [5.41, 5.74) is 4.86. The molecule has 0 saturated carbocycles. The highest BCUT2D eigenvalue weighted by atomic mass is 35.5. The van der Waals surface area contributed by atoms with E-state index in [1.54, 1.807) is 0 Å².